The molecule has 134 valence electrons. The summed E-state index contributed by atoms with van der Waals surface area (Å²) >= 11 is 0. The van der Waals surface area contributed by atoms with E-state index in [1.807, 2.05) is 6.08 Å². The molecule has 1 aliphatic rings. The van der Waals surface area contributed by atoms with E-state index >= 15 is 0 Å². The number of pyridine rings is 1. The summed E-state index contributed by atoms with van der Waals surface area (Å²) in [5, 5.41) is 15.3. The number of hydrogen-bond acceptors (Lipinski definition) is 4. The summed E-state index contributed by atoms with van der Waals surface area (Å²) in [5.41, 5.74) is 1.92. The molecule has 0 aliphatic carbocycles. The van der Waals surface area contributed by atoms with Crippen molar-refractivity contribution in [2.24, 2.45) is 0 Å². The number of alkyl halides is 4. The molecule has 2 aromatic heterocycles. The van der Waals surface area contributed by atoms with Crippen LogP contribution in [0, 0.1) is 0 Å². The lowest BCUT2D eigenvalue weighted by molar-refractivity contribution is -0.205. The lowest BCUT2D eigenvalue weighted by Crippen LogP contribution is -2.41. The Hall–Kier alpha value is -2.42. The Morgan fingerprint density at radius 3 is 2.60 bits per heavy atom. The van der Waals surface area contributed by atoms with Gasteiger partial charge in [0.15, 0.2) is 0 Å². The van der Waals surface area contributed by atoms with Crippen molar-refractivity contribution in [3.8, 4) is 0 Å². The molecule has 0 saturated heterocycles. The fraction of sp³-hybridized carbons (Fsp3) is 0.375. The number of fused-ring (bicyclic) bond motifs is 1. The van der Waals surface area contributed by atoms with Gasteiger partial charge in [-0.15, -0.1) is 0 Å². The Morgan fingerprint density at radius 1 is 1.24 bits per heavy atom. The van der Waals surface area contributed by atoms with Crippen molar-refractivity contribution in [2.75, 3.05) is 6.54 Å². The molecule has 0 unspecified atom stereocenters. The van der Waals surface area contributed by atoms with E-state index in [-0.39, 0.29) is 12.4 Å². The smallest absolute Gasteiger partial charge is 0.288 e. The Balaban J connectivity index is 1.99. The maximum absolute atomic E-state index is 13.6. The van der Waals surface area contributed by atoms with Gasteiger partial charge in [0, 0.05) is 12.3 Å². The summed E-state index contributed by atoms with van der Waals surface area (Å²) in [6.07, 6.45) is 6.21. The lowest BCUT2D eigenvalue weighted by Gasteiger charge is -2.24. The highest BCUT2D eigenvalue weighted by Gasteiger charge is 2.52. The van der Waals surface area contributed by atoms with E-state index < -0.39 is 18.4 Å². The molecule has 0 radical (unpaired) electrons. The van der Waals surface area contributed by atoms with Crippen LogP contribution in [0.4, 0.5) is 17.6 Å². The summed E-state index contributed by atoms with van der Waals surface area (Å²) in [6, 6.07) is 1.57. The second-order valence-electron chi connectivity index (χ2n) is 6.04. The van der Waals surface area contributed by atoms with Crippen molar-refractivity contribution in [3.63, 3.8) is 0 Å². The molecule has 3 heterocycles. The Kier molecular flexibility index (Phi) is 4.06. The van der Waals surface area contributed by atoms with E-state index in [2.05, 4.69) is 10.1 Å². The maximum Gasteiger partial charge on any atom is 0.329 e. The molecule has 25 heavy (non-hydrogen) atoms. The largest absolute Gasteiger partial charge is 0.329 e. The van der Waals surface area contributed by atoms with Crippen LogP contribution in [0.15, 0.2) is 36.2 Å². The van der Waals surface area contributed by atoms with E-state index in [1.165, 1.54) is 12.4 Å². The van der Waals surface area contributed by atoms with Gasteiger partial charge in [-0.1, -0.05) is 12.2 Å². The van der Waals surface area contributed by atoms with Gasteiger partial charge in [0.05, 0.1) is 35.8 Å². The average Bonchev–Trinajstić information content (AvgIpc) is 2.88. The molecule has 3 rings (SSSR count). The molecule has 0 saturated carbocycles. The van der Waals surface area contributed by atoms with Crippen LogP contribution in [0.25, 0.3) is 16.6 Å². The first-order valence-electron chi connectivity index (χ1n) is 7.51. The van der Waals surface area contributed by atoms with Crippen LogP contribution in [0.5, 0.6) is 0 Å². The van der Waals surface area contributed by atoms with Crippen LogP contribution in [0.1, 0.15) is 19.5 Å². The normalized spacial score (nSPS) is 16.2. The zero-order valence-electron chi connectivity index (χ0n) is 13.5. The molecule has 9 heteroatoms. The molecule has 0 amide bonds. The predicted molar refractivity (Wildman–Crippen MR) is 83.3 cm³/mol. The number of halogens is 4. The zero-order valence-corrected chi connectivity index (χ0v) is 13.5. The fourth-order valence-corrected chi connectivity index (χ4v) is 2.60. The summed E-state index contributed by atoms with van der Waals surface area (Å²) in [4.78, 5) is 4.17. The number of nitrogens with zero attached hydrogens (tertiary/aromatic N) is 4. The van der Waals surface area contributed by atoms with Crippen LogP contribution in [0.3, 0.4) is 0 Å². The van der Waals surface area contributed by atoms with Crippen molar-refractivity contribution in [1.82, 2.24) is 19.8 Å². The van der Waals surface area contributed by atoms with Crippen molar-refractivity contribution >= 4 is 16.6 Å². The molecule has 0 aromatic carbocycles. The molecule has 5 nitrogen and oxygen atoms in total. The predicted octanol–water partition coefficient (Wildman–Crippen LogP) is 3.71. The van der Waals surface area contributed by atoms with Gasteiger partial charge in [0.25, 0.3) is 0 Å². The molecule has 0 spiro atoms. The lowest BCUT2D eigenvalue weighted by atomic mass is 10.1. The van der Waals surface area contributed by atoms with Gasteiger partial charge in [-0.05, 0) is 18.6 Å². The number of rotatable bonds is 4. The second kappa shape index (κ2) is 5.83. The Bertz CT molecular complexity index is 867. The summed E-state index contributed by atoms with van der Waals surface area (Å²) in [5.74, 6) is -8.40. The third-order valence-corrected chi connectivity index (χ3v) is 4.04. The van der Waals surface area contributed by atoms with Gasteiger partial charge in [0.1, 0.15) is 6.54 Å². The Labute approximate surface area is 140 Å². The first-order valence-corrected chi connectivity index (χ1v) is 7.51. The van der Waals surface area contributed by atoms with Gasteiger partial charge in [-0.2, -0.15) is 13.9 Å². The SMILES string of the molecule is CC1=C(c2cc3cnn(CC(F)(F)C(C)(F)F)c3cn2)N(O)CC=C1. The monoisotopic (exact) mass is 356 g/mol. The standard InChI is InChI=1S/C16H16F4N4O/c1-10-4-3-5-24(25)14(10)12-6-11-7-22-23(13(11)8-21-12)9-16(19,20)15(2,17)18/h3-4,6-8,25H,5,9H2,1-2H3. The number of hydroxylamine groups is 2. The molecule has 2 aromatic rings. The fourth-order valence-electron chi connectivity index (χ4n) is 2.60. The Morgan fingerprint density at radius 2 is 1.96 bits per heavy atom. The summed E-state index contributed by atoms with van der Waals surface area (Å²) in [7, 11) is 0. The van der Waals surface area contributed by atoms with Gasteiger partial charge < -0.3 is 0 Å². The third-order valence-electron chi connectivity index (χ3n) is 4.04. The highest BCUT2D eigenvalue weighted by Crippen LogP contribution is 2.35. The molecule has 1 aliphatic heterocycles. The van der Waals surface area contributed by atoms with Gasteiger partial charge in [0.2, 0.25) is 0 Å². The molecular weight excluding hydrogens is 340 g/mol. The number of aromatic nitrogens is 3. The minimum absolute atomic E-state index is 0.177. The van der Waals surface area contributed by atoms with Gasteiger partial charge in [-0.25, -0.2) is 8.78 Å². The van der Waals surface area contributed by atoms with E-state index in [0.29, 0.717) is 23.3 Å². The van der Waals surface area contributed by atoms with E-state index in [9.17, 15) is 22.8 Å². The average molecular weight is 356 g/mol. The minimum Gasteiger partial charge on any atom is -0.288 e. The van der Waals surface area contributed by atoms with Crippen LogP contribution < -0.4 is 0 Å². The van der Waals surface area contributed by atoms with Crippen molar-refractivity contribution in [1.29, 1.82) is 0 Å². The van der Waals surface area contributed by atoms with Crippen LogP contribution >= 0.6 is 0 Å². The van der Waals surface area contributed by atoms with E-state index in [1.54, 1.807) is 19.1 Å². The van der Waals surface area contributed by atoms with Gasteiger partial charge in [-0.3, -0.25) is 19.9 Å². The second-order valence-corrected chi connectivity index (χ2v) is 6.04. The van der Waals surface area contributed by atoms with E-state index in [4.69, 9.17) is 0 Å². The van der Waals surface area contributed by atoms with Crippen molar-refractivity contribution < 1.29 is 22.8 Å². The minimum atomic E-state index is -4.24. The van der Waals surface area contributed by atoms with E-state index in [0.717, 1.165) is 15.3 Å². The number of allylic oxidation sites excluding steroid dienone is 2. The first kappa shape index (κ1) is 17.4. The highest BCUT2D eigenvalue weighted by atomic mass is 19.3. The molecule has 0 atom stereocenters. The van der Waals surface area contributed by atoms with Crippen LogP contribution in [0.2, 0.25) is 0 Å². The third kappa shape index (κ3) is 3.11. The quantitative estimate of drug-likeness (QED) is 0.849. The molecular formula is C16H16F4N4O. The van der Waals surface area contributed by atoms with Crippen LogP contribution in [-0.2, 0) is 6.54 Å². The number of hydrogen-bond donors (Lipinski definition) is 1. The van der Waals surface area contributed by atoms with Crippen molar-refractivity contribution in [3.05, 3.63) is 41.9 Å². The van der Waals surface area contributed by atoms with Gasteiger partial charge >= 0.3 is 11.8 Å². The maximum atomic E-state index is 13.6. The zero-order chi connectivity index (χ0) is 18.4. The molecule has 0 bridgehead atoms. The molecule has 0 fully saturated rings. The summed E-state index contributed by atoms with van der Waals surface area (Å²) < 4.78 is 54.1. The topological polar surface area (TPSA) is 54.2 Å². The molecule has 1 N–H and O–H groups in total. The van der Waals surface area contributed by atoms with Crippen LogP contribution in [-0.4, -0.2) is 43.4 Å². The summed E-state index contributed by atoms with van der Waals surface area (Å²) in [6.45, 7) is 1.02. The first-order chi connectivity index (χ1) is 11.6. The van der Waals surface area contributed by atoms with Crippen molar-refractivity contribution in [2.45, 2.75) is 32.2 Å². The highest BCUT2D eigenvalue weighted by molar-refractivity contribution is 5.82.